The molecule has 0 unspecified atom stereocenters. The van der Waals surface area contributed by atoms with E-state index in [1.807, 2.05) is 13.1 Å². The topological polar surface area (TPSA) is 38.3 Å². The number of hydrogen-bond acceptors (Lipinski definition) is 3. The van der Waals surface area contributed by atoms with Gasteiger partial charge in [-0.1, -0.05) is 0 Å². The van der Waals surface area contributed by atoms with Gasteiger partial charge in [0, 0.05) is 6.92 Å². The van der Waals surface area contributed by atoms with Crippen LogP contribution in [-0.4, -0.2) is 26.5 Å². The van der Waals surface area contributed by atoms with Gasteiger partial charge in [-0.15, -0.1) is 0 Å². The van der Waals surface area contributed by atoms with E-state index in [2.05, 4.69) is 5.32 Å². The molecule has 0 aliphatic rings. The van der Waals surface area contributed by atoms with Crippen molar-refractivity contribution in [1.29, 1.82) is 0 Å². The van der Waals surface area contributed by atoms with Crippen LogP contribution in [0.4, 0.5) is 0 Å². The first-order valence-corrected chi connectivity index (χ1v) is 4.62. The number of rotatable bonds is 7. The fraction of sp³-hybridized carbons (Fsp3) is 0.700. The lowest BCUT2D eigenvalue weighted by molar-refractivity contribution is -0.116. The molecule has 0 saturated heterocycles. The molecule has 0 saturated carbocycles. The molecule has 0 radical (unpaired) electrons. The molecule has 3 heteroatoms. The minimum Gasteiger partial charge on any atom is -0.493 e. The minimum atomic E-state index is -0.00360. The second-order valence-corrected chi connectivity index (χ2v) is 2.93. The molecule has 0 aromatic carbocycles. The van der Waals surface area contributed by atoms with E-state index in [-0.39, 0.29) is 5.78 Å². The van der Waals surface area contributed by atoms with Gasteiger partial charge in [0.1, 0.15) is 0 Å². The highest BCUT2D eigenvalue weighted by molar-refractivity contribution is 5.91. The Morgan fingerprint density at radius 3 is 2.62 bits per heavy atom. The Hall–Kier alpha value is -0.830. The van der Waals surface area contributed by atoms with Gasteiger partial charge in [-0.05, 0) is 38.9 Å². The van der Waals surface area contributed by atoms with Gasteiger partial charge in [-0.25, -0.2) is 0 Å². The van der Waals surface area contributed by atoms with Crippen molar-refractivity contribution in [1.82, 2.24) is 5.32 Å². The zero-order valence-corrected chi connectivity index (χ0v) is 8.72. The predicted octanol–water partition coefficient (Wildman–Crippen LogP) is 1.50. The van der Waals surface area contributed by atoms with Crippen molar-refractivity contribution in [3.63, 3.8) is 0 Å². The zero-order valence-electron chi connectivity index (χ0n) is 8.72. The molecule has 0 aromatic heterocycles. The molecular formula is C10H19NO2. The minimum absolute atomic E-state index is 0.00360. The Kier molecular flexibility index (Phi) is 7.30. The summed E-state index contributed by atoms with van der Waals surface area (Å²) < 4.78 is 4.91. The van der Waals surface area contributed by atoms with Crippen LogP contribution in [0.5, 0.6) is 0 Å². The van der Waals surface area contributed by atoms with Gasteiger partial charge in [-0.2, -0.15) is 0 Å². The molecule has 0 aliphatic heterocycles. The van der Waals surface area contributed by atoms with Gasteiger partial charge in [0.05, 0.1) is 7.11 Å². The number of carbonyl (C=O) groups is 1. The first-order valence-electron chi connectivity index (χ1n) is 4.62. The summed E-state index contributed by atoms with van der Waals surface area (Å²) in [6.45, 7) is 2.54. The second-order valence-electron chi connectivity index (χ2n) is 2.93. The molecule has 0 spiro atoms. The summed E-state index contributed by atoms with van der Waals surface area (Å²) in [7, 11) is 3.47. The number of nitrogens with one attached hydrogen (secondary N) is 1. The summed E-state index contributed by atoms with van der Waals surface area (Å²) in [5, 5.41) is 3.07. The van der Waals surface area contributed by atoms with Gasteiger partial charge in [-0.3, -0.25) is 4.79 Å². The molecule has 13 heavy (non-hydrogen) atoms. The van der Waals surface area contributed by atoms with Crippen LogP contribution in [0.1, 0.15) is 26.2 Å². The van der Waals surface area contributed by atoms with E-state index < -0.39 is 0 Å². The number of unbranched alkanes of at least 4 members (excludes halogenated alkanes) is 2. The second kappa shape index (κ2) is 7.80. The Morgan fingerprint density at radius 1 is 1.46 bits per heavy atom. The number of allylic oxidation sites excluding steroid dienone is 2. The van der Waals surface area contributed by atoms with Gasteiger partial charge in [0.2, 0.25) is 0 Å². The SMILES string of the molecule is CNCCCCC=C(OC)C(C)=O. The third-order valence-electron chi connectivity index (χ3n) is 1.78. The highest BCUT2D eigenvalue weighted by Gasteiger charge is 2.00. The normalized spacial score (nSPS) is 11.5. The lowest BCUT2D eigenvalue weighted by atomic mass is 10.2. The molecule has 0 heterocycles. The summed E-state index contributed by atoms with van der Waals surface area (Å²) in [4.78, 5) is 10.9. The summed E-state index contributed by atoms with van der Waals surface area (Å²) in [5.41, 5.74) is 0. The van der Waals surface area contributed by atoms with E-state index in [1.165, 1.54) is 14.0 Å². The maximum absolute atomic E-state index is 10.9. The van der Waals surface area contributed by atoms with Gasteiger partial charge in [0.25, 0.3) is 0 Å². The third kappa shape index (κ3) is 6.34. The van der Waals surface area contributed by atoms with Crippen molar-refractivity contribution < 1.29 is 9.53 Å². The fourth-order valence-electron chi connectivity index (χ4n) is 1.05. The van der Waals surface area contributed by atoms with Crippen molar-refractivity contribution in [2.45, 2.75) is 26.2 Å². The zero-order chi connectivity index (χ0) is 10.1. The Labute approximate surface area is 80.2 Å². The molecule has 0 amide bonds. The lowest BCUT2D eigenvalue weighted by Gasteiger charge is -2.01. The van der Waals surface area contributed by atoms with E-state index in [9.17, 15) is 4.79 Å². The van der Waals surface area contributed by atoms with E-state index >= 15 is 0 Å². The lowest BCUT2D eigenvalue weighted by Crippen LogP contribution is -2.06. The molecule has 3 nitrogen and oxygen atoms in total. The molecule has 0 atom stereocenters. The monoisotopic (exact) mass is 185 g/mol. The van der Waals surface area contributed by atoms with E-state index in [0.717, 1.165) is 25.8 Å². The largest absolute Gasteiger partial charge is 0.493 e. The predicted molar refractivity (Wildman–Crippen MR) is 53.6 cm³/mol. The number of ether oxygens (including phenoxy) is 1. The molecule has 0 rings (SSSR count). The van der Waals surface area contributed by atoms with Crippen molar-refractivity contribution in [3.8, 4) is 0 Å². The average Bonchev–Trinajstić information content (AvgIpc) is 2.10. The Morgan fingerprint density at radius 2 is 2.15 bits per heavy atom. The van der Waals surface area contributed by atoms with E-state index in [1.54, 1.807) is 0 Å². The molecule has 0 bridgehead atoms. The number of hydrogen-bond donors (Lipinski definition) is 1. The van der Waals surface area contributed by atoms with Gasteiger partial charge >= 0.3 is 0 Å². The Bertz CT molecular complexity index is 176. The fourth-order valence-corrected chi connectivity index (χ4v) is 1.05. The Balaban J connectivity index is 3.61. The molecule has 76 valence electrons. The molecule has 0 aliphatic carbocycles. The number of Topliss-reactive ketones (excluding diaryl/α,β-unsaturated/α-hetero) is 1. The van der Waals surface area contributed by atoms with Crippen LogP contribution < -0.4 is 5.32 Å². The van der Waals surface area contributed by atoms with Gasteiger partial charge < -0.3 is 10.1 Å². The van der Waals surface area contributed by atoms with E-state index in [0.29, 0.717) is 5.76 Å². The van der Waals surface area contributed by atoms with Crippen molar-refractivity contribution >= 4 is 5.78 Å². The van der Waals surface area contributed by atoms with Crippen LogP contribution >= 0.6 is 0 Å². The van der Waals surface area contributed by atoms with Crippen LogP contribution in [-0.2, 0) is 9.53 Å². The van der Waals surface area contributed by atoms with Crippen molar-refractivity contribution in [3.05, 3.63) is 11.8 Å². The first-order chi connectivity index (χ1) is 6.22. The number of ketones is 1. The van der Waals surface area contributed by atoms with Crippen LogP contribution in [0.3, 0.4) is 0 Å². The number of carbonyl (C=O) groups excluding carboxylic acids is 1. The number of methoxy groups -OCH3 is 1. The summed E-state index contributed by atoms with van der Waals surface area (Å²) in [6, 6.07) is 0. The summed E-state index contributed by atoms with van der Waals surface area (Å²) >= 11 is 0. The van der Waals surface area contributed by atoms with Crippen molar-refractivity contribution in [2.75, 3.05) is 20.7 Å². The maximum atomic E-state index is 10.9. The summed E-state index contributed by atoms with van der Waals surface area (Å²) in [5.74, 6) is 0.473. The molecule has 0 fully saturated rings. The first kappa shape index (κ1) is 12.2. The highest BCUT2D eigenvalue weighted by Crippen LogP contribution is 2.02. The smallest absolute Gasteiger partial charge is 0.193 e. The molecule has 0 aromatic rings. The van der Waals surface area contributed by atoms with Crippen molar-refractivity contribution in [2.24, 2.45) is 0 Å². The quantitative estimate of drug-likeness (QED) is 0.371. The standard InChI is InChI=1S/C10H19NO2/c1-9(12)10(13-3)7-5-4-6-8-11-2/h7,11H,4-6,8H2,1-3H3. The van der Waals surface area contributed by atoms with Crippen LogP contribution in [0, 0.1) is 0 Å². The van der Waals surface area contributed by atoms with Gasteiger partial charge in [0.15, 0.2) is 11.5 Å². The summed E-state index contributed by atoms with van der Waals surface area (Å²) in [6.07, 6.45) is 4.98. The highest BCUT2D eigenvalue weighted by atomic mass is 16.5. The van der Waals surface area contributed by atoms with Crippen LogP contribution in [0.25, 0.3) is 0 Å². The molecular weight excluding hydrogens is 166 g/mol. The third-order valence-corrected chi connectivity index (χ3v) is 1.78. The van der Waals surface area contributed by atoms with Crippen LogP contribution in [0.2, 0.25) is 0 Å². The maximum Gasteiger partial charge on any atom is 0.193 e. The molecule has 1 N–H and O–H groups in total. The van der Waals surface area contributed by atoms with E-state index in [4.69, 9.17) is 4.74 Å². The average molecular weight is 185 g/mol. The van der Waals surface area contributed by atoms with Crippen LogP contribution in [0.15, 0.2) is 11.8 Å².